The van der Waals surface area contributed by atoms with Crippen LogP contribution in [0.15, 0.2) is 170 Å². The minimum Gasteiger partial charge on any atom is -0.311 e. The Morgan fingerprint density at radius 1 is 0.304 bits per heavy atom. The summed E-state index contributed by atoms with van der Waals surface area (Å²) in [5.74, 6) is 0. The lowest BCUT2D eigenvalue weighted by Crippen LogP contribution is -2.13. The quantitative estimate of drug-likeness (QED) is 0.136. The molecule has 0 aliphatic carbocycles. The lowest BCUT2D eigenvalue weighted by atomic mass is 9.87. The minimum atomic E-state index is 0.108. The summed E-state index contributed by atoms with van der Waals surface area (Å²) in [7, 11) is 0. The van der Waals surface area contributed by atoms with Crippen molar-refractivity contribution in [2.45, 2.75) is 66.2 Å². The third-order valence-corrected chi connectivity index (χ3v) is 10.6. The third kappa shape index (κ3) is 8.88. The van der Waals surface area contributed by atoms with E-state index in [1.54, 1.807) is 0 Å². The molecule has 0 amide bonds. The average Bonchev–Trinajstić information content (AvgIpc) is 3.19. The van der Waals surface area contributed by atoms with Gasteiger partial charge in [0, 0.05) is 34.1 Å². The fourth-order valence-corrected chi connectivity index (χ4v) is 7.02. The van der Waals surface area contributed by atoms with E-state index in [9.17, 15) is 0 Å². The molecule has 0 atom stereocenters. The van der Waals surface area contributed by atoms with Crippen LogP contribution in [-0.2, 0) is 10.8 Å². The highest BCUT2D eigenvalue weighted by molar-refractivity contribution is 5.80. The Bertz CT molecular complexity index is 2370. The van der Waals surface area contributed by atoms with E-state index in [0.717, 1.165) is 39.7 Å². The Kier molecular flexibility index (Phi) is 10.9. The van der Waals surface area contributed by atoms with Crippen molar-refractivity contribution < 1.29 is 0 Å². The molecule has 56 heavy (non-hydrogen) atoms. The highest BCUT2D eigenvalue weighted by atomic mass is 15.1. The van der Waals surface area contributed by atoms with Gasteiger partial charge in [0.15, 0.2) is 0 Å². The molecule has 0 unspecified atom stereocenters. The van der Waals surface area contributed by atoms with Gasteiger partial charge in [0.1, 0.15) is 0 Å². The van der Waals surface area contributed by atoms with Crippen LogP contribution >= 0.6 is 0 Å². The summed E-state index contributed by atoms with van der Waals surface area (Å²) in [5.41, 5.74) is 16.9. The van der Waals surface area contributed by atoms with E-state index < -0.39 is 0 Å². The second-order valence-electron chi connectivity index (χ2n) is 17.0. The Morgan fingerprint density at radius 3 is 0.839 bits per heavy atom. The number of benzene rings is 7. The number of anilines is 6. The zero-order valence-corrected chi connectivity index (χ0v) is 34.2. The highest BCUT2D eigenvalue weighted by Gasteiger charge is 2.18. The van der Waals surface area contributed by atoms with Gasteiger partial charge in [-0.3, -0.25) is 0 Å². The van der Waals surface area contributed by atoms with Gasteiger partial charge in [-0.05, 0) is 131 Å². The van der Waals surface area contributed by atoms with E-state index in [1.807, 2.05) is 0 Å². The zero-order valence-electron chi connectivity index (χ0n) is 34.2. The largest absolute Gasteiger partial charge is 0.311 e. The van der Waals surface area contributed by atoms with Gasteiger partial charge >= 0.3 is 0 Å². The van der Waals surface area contributed by atoms with Gasteiger partial charge in [-0.15, -0.1) is 0 Å². The maximum absolute atomic E-state index is 2.33. The molecule has 7 aromatic carbocycles. The molecule has 7 aromatic rings. The molecule has 0 heterocycles. The van der Waals surface area contributed by atoms with Crippen molar-refractivity contribution in [2.24, 2.45) is 0 Å². The first-order valence-corrected chi connectivity index (χ1v) is 19.8. The van der Waals surface area contributed by atoms with Crippen molar-refractivity contribution in [3.63, 3.8) is 0 Å². The monoisotopic (exact) mass is 730 g/mol. The topological polar surface area (TPSA) is 6.48 Å². The van der Waals surface area contributed by atoms with Crippen molar-refractivity contribution in [1.29, 1.82) is 0 Å². The molecule has 2 nitrogen and oxygen atoms in total. The van der Waals surface area contributed by atoms with Crippen LogP contribution in [0.3, 0.4) is 0 Å². The summed E-state index contributed by atoms with van der Waals surface area (Å²) < 4.78 is 0. The fraction of sp³-hybridized carbons (Fsp3) is 0.185. The first-order valence-electron chi connectivity index (χ1n) is 19.8. The molecule has 0 N–H and O–H groups in total. The number of hydrogen-bond donors (Lipinski definition) is 0. The van der Waals surface area contributed by atoms with Gasteiger partial charge in [-0.1, -0.05) is 162 Å². The third-order valence-electron chi connectivity index (χ3n) is 10.6. The number of hydrogen-bond acceptors (Lipinski definition) is 2. The van der Waals surface area contributed by atoms with E-state index in [0.29, 0.717) is 0 Å². The Labute approximate surface area is 335 Å². The Hall–Kier alpha value is -6.12. The molecule has 0 aliphatic rings. The van der Waals surface area contributed by atoms with Crippen LogP contribution in [0.1, 0.15) is 74.9 Å². The van der Waals surface area contributed by atoms with E-state index in [2.05, 4.69) is 247 Å². The van der Waals surface area contributed by atoms with Crippen LogP contribution in [0, 0.1) is 13.8 Å². The van der Waals surface area contributed by atoms with Crippen molar-refractivity contribution >= 4 is 46.3 Å². The molecule has 0 radical (unpaired) electrons. The smallest absolute Gasteiger partial charge is 0.0462 e. The predicted octanol–water partition coefficient (Wildman–Crippen LogP) is 15.7. The molecule has 0 fully saturated rings. The van der Waals surface area contributed by atoms with Crippen LogP contribution in [0.25, 0.3) is 23.3 Å². The van der Waals surface area contributed by atoms with E-state index in [1.165, 1.54) is 38.9 Å². The summed E-state index contributed by atoms with van der Waals surface area (Å²) in [6, 6.07) is 62.0. The lowest BCUT2D eigenvalue weighted by Gasteiger charge is -2.27. The zero-order chi connectivity index (χ0) is 39.5. The predicted molar refractivity (Wildman–Crippen MR) is 243 cm³/mol. The summed E-state index contributed by atoms with van der Waals surface area (Å²) in [4.78, 5) is 4.66. The van der Waals surface area contributed by atoms with Crippen molar-refractivity contribution in [1.82, 2.24) is 0 Å². The Morgan fingerprint density at radius 2 is 0.536 bits per heavy atom. The lowest BCUT2D eigenvalue weighted by molar-refractivity contribution is 0.590. The van der Waals surface area contributed by atoms with Gasteiger partial charge in [0.25, 0.3) is 0 Å². The molecule has 0 aliphatic heterocycles. The number of nitrogens with zero attached hydrogens (tertiary/aromatic N) is 2. The molecule has 0 saturated heterocycles. The molecular weight excluding hydrogens is 677 g/mol. The van der Waals surface area contributed by atoms with Crippen molar-refractivity contribution in [3.8, 4) is 11.1 Å². The summed E-state index contributed by atoms with van der Waals surface area (Å²) in [6.07, 6.45) is 4.38. The molecular formula is C54H54N2. The van der Waals surface area contributed by atoms with E-state index >= 15 is 0 Å². The summed E-state index contributed by atoms with van der Waals surface area (Å²) >= 11 is 0. The maximum Gasteiger partial charge on any atom is 0.0462 e. The normalized spacial score (nSPS) is 11.9. The molecule has 0 aromatic heterocycles. The SMILES string of the molecule is Cc1ccc(N(c2ccc(C=Cc3ccc(-c4ccc(N(c5ccc(C)cc5)c5ccc(C(C)(C)C)cc5)cc4)cc3)cc2)c2ccc(C(C)(C)C)cc2)cc1. The van der Waals surface area contributed by atoms with Crippen LogP contribution in [-0.4, -0.2) is 0 Å². The van der Waals surface area contributed by atoms with Crippen molar-refractivity contribution in [3.05, 3.63) is 203 Å². The Balaban J connectivity index is 1.07. The van der Waals surface area contributed by atoms with Gasteiger partial charge in [-0.25, -0.2) is 0 Å². The molecule has 7 rings (SSSR count). The first-order chi connectivity index (χ1) is 26.8. The van der Waals surface area contributed by atoms with Gasteiger partial charge in [0.05, 0.1) is 0 Å². The van der Waals surface area contributed by atoms with Crippen LogP contribution in [0.2, 0.25) is 0 Å². The molecule has 0 bridgehead atoms. The van der Waals surface area contributed by atoms with Crippen LogP contribution in [0.5, 0.6) is 0 Å². The van der Waals surface area contributed by atoms with Crippen molar-refractivity contribution in [2.75, 3.05) is 9.80 Å². The summed E-state index contributed by atoms with van der Waals surface area (Å²) in [5, 5.41) is 0. The molecule has 280 valence electrons. The van der Waals surface area contributed by atoms with Crippen LogP contribution < -0.4 is 9.80 Å². The summed E-state index contributed by atoms with van der Waals surface area (Å²) in [6.45, 7) is 17.8. The second-order valence-corrected chi connectivity index (χ2v) is 17.0. The standard InChI is InChI=1S/C54H54N2/c1-39-9-27-47(28-10-39)55(51-35-23-45(24-36-51)53(3,4)5)49-31-17-42(18-32-49)14-13-41-15-19-43(20-16-41)44-21-33-50(34-22-44)56(48-29-11-40(2)12-30-48)52-37-25-46(26-38-52)54(6,7)8/h9-38H,1-8H3. The van der Waals surface area contributed by atoms with Gasteiger partial charge in [0.2, 0.25) is 0 Å². The second kappa shape index (κ2) is 15.9. The average molecular weight is 731 g/mol. The van der Waals surface area contributed by atoms with E-state index in [-0.39, 0.29) is 10.8 Å². The molecule has 2 heteroatoms. The van der Waals surface area contributed by atoms with Gasteiger partial charge in [-0.2, -0.15) is 0 Å². The first kappa shape index (κ1) is 38.2. The molecule has 0 spiro atoms. The number of rotatable bonds is 9. The minimum absolute atomic E-state index is 0.108. The highest BCUT2D eigenvalue weighted by Crippen LogP contribution is 2.38. The van der Waals surface area contributed by atoms with Crippen LogP contribution in [0.4, 0.5) is 34.1 Å². The van der Waals surface area contributed by atoms with E-state index in [4.69, 9.17) is 0 Å². The molecule has 0 saturated carbocycles. The fourth-order valence-electron chi connectivity index (χ4n) is 7.02. The van der Waals surface area contributed by atoms with Gasteiger partial charge < -0.3 is 9.80 Å². The maximum atomic E-state index is 2.33. The number of aryl methyl sites for hydroxylation is 2.